The lowest BCUT2D eigenvalue weighted by Gasteiger charge is -2.38. The molecule has 3 amide bonds. The molecule has 254 valence electrons. The minimum absolute atomic E-state index is 0.133. The number of benzene rings is 2. The highest BCUT2D eigenvalue weighted by atomic mass is 79.9. The van der Waals surface area contributed by atoms with E-state index in [1.54, 1.807) is 49.3 Å². The quantitative estimate of drug-likeness (QED) is 0.340. The van der Waals surface area contributed by atoms with Gasteiger partial charge in [0, 0.05) is 23.1 Å². The van der Waals surface area contributed by atoms with E-state index >= 15 is 0 Å². The molecule has 2 aromatic carbocycles. The van der Waals surface area contributed by atoms with Crippen LogP contribution in [-0.4, -0.2) is 83.8 Å². The van der Waals surface area contributed by atoms with Crippen LogP contribution in [0.4, 0.5) is 5.69 Å². The maximum Gasteiger partial charge on any atom is 0.313 e. The van der Waals surface area contributed by atoms with E-state index in [0.717, 1.165) is 0 Å². The van der Waals surface area contributed by atoms with E-state index in [1.165, 1.54) is 4.90 Å². The molecule has 4 aliphatic rings. The zero-order valence-electron chi connectivity index (χ0n) is 27.1. The minimum Gasteiger partial charge on any atom is -0.497 e. The van der Waals surface area contributed by atoms with Crippen molar-refractivity contribution < 1.29 is 38.5 Å². The van der Waals surface area contributed by atoms with E-state index < -0.39 is 65.6 Å². The molecule has 5 bridgehead atoms. The summed E-state index contributed by atoms with van der Waals surface area (Å²) in [5, 5.41) is 13.5. The smallest absolute Gasteiger partial charge is 0.313 e. The number of aliphatic hydroxyl groups is 1. The highest BCUT2D eigenvalue weighted by molar-refractivity contribution is 9.11. The van der Waals surface area contributed by atoms with Crippen molar-refractivity contribution in [1.82, 2.24) is 10.2 Å². The van der Waals surface area contributed by atoms with Gasteiger partial charge in [-0.2, -0.15) is 0 Å². The van der Waals surface area contributed by atoms with Gasteiger partial charge in [-0.1, -0.05) is 65.3 Å². The third-order valence-corrected chi connectivity index (χ3v) is 10.5. The molecule has 0 saturated carbocycles. The van der Waals surface area contributed by atoms with Crippen LogP contribution < -0.4 is 15.0 Å². The summed E-state index contributed by atoms with van der Waals surface area (Å²) in [6, 6.07) is 13.6. The Morgan fingerprint density at radius 2 is 1.77 bits per heavy atom. The number of allylic oxidation sites excluding steroid dienone is 1. The van der Waals surface area contributed by atoms with Crippen LogP contribution in [0.3, 0.4) is 0 Å². The van der Waals surface area contributed by atoms with E-state index in [9.17, 15) is 24.3 Å². The van der Waals surface area contributed by atoms with Gasteiger partial charge in [-0.25, -0.2) is 0 Å². The zero-order valence-corrected chi connectivity index (χ0v) is 28.7. The average Bonchev–Trinajstić information content (AvgIpc) is 3.69. The molecule has 0 aliphatic carbocycles. The highest BCUT2D eigenvalue weighted by Gasteiger charge is 2.75. The number of methoxy groups -OCH3 is 1. The molecular weight excluding hydrogens is 682 g/mol. The average molecular weight is 723 g/mol. The lowest BCUT2D eigenvalue weighted by Crippen LogP contribution is -2.58. The van der Waals surface area contributed by atoms with Crippen LogP contribution in [0.5, 0.6) is 5.75 Å². The van der Waals surface area contributed by atoms with Crippen LogP contribution in [0.2, 0.25) is 0 Å². The van der Waals surface area contributed by atoms with E-state index in [4.69, 9.17) is 14.2 Å². The monoisotopic (exact) mass is 721 g/mol. The Morgan fingerprint density at radius 1 is 1.04 bits per heavy atom. The van der Waals surface area contributed by atoms with Gasteiger partial charge in [-0.3, -0.25) is 19.2 Å². The molecule has 48 heavy (non-hydrogen) atoms. The fourth-order valence-corrected chi connectivity index (χ4v) is 8.20. The van der Waals surface area contributed by atoms with Crippen molar-refractivity contribution in [2.24, 2.45) is 11.8 Å². The molecule has 1 spiro atoms. The molecule has 11 nitrogen and oxygen atoms in total. The van der Waals surface area contributed by atoms with Crippen molar-refractivity contribution in [3.05, 3.63) is 82.9 Å². The predicted molar refractivity (Wildman–Crippen MR) is 180 cm³/mol. The largest absolute Gasteiger partial charge is 0.497 e. The lowest BCUT2D eigenvalue weighted by atomic mass is 9.74. The van der Waals surface area contributed by atoms with Gasteiger partial charge >= 0.3 is 5.97 Å². The number of carbonyl (C=O) groups excluding carboxylic acids is 4. The van der Waals surface area contributed by atoms with Gasteiger partial charge in [0.1, 0.15) is 35.5 Å². The lowest BCUT2D eigenvalue weighted by molar-refractivity contribution is -0.161. The summed E-state index contributed by atoms with van der Waals surface area (Å²) < 4.78 is 18.7. The Morgan fingerprint density at radius 3 is 2.44 bits per heavy atom. The number of ether oxygens (including phenoxy) is 3. The van der Waals surface area contributed by atoms with Gasteiger partial charge < -0.3 is 34.4 Å². The fraction of sp³-hybridized carbons (Fsp3) is 0.444. The Balaban J connectivity index is 1.48. The zero-order chi connectivity index (χ0) is 34.2. The molecule has 2 fully saturated rings. The standard InChI is InChI=1S/C36H40BrN3O8/c1-4-23(20-41)40-32-34(44)39(24-14-16-25(46-3)17-15-24)18-10-6-9-13-27(42)38-21(2)30(22-11-7-5-8-12-22)47-35(45)28-29(33(40)43)36(32)19-26(37)31(28)48-36/h5-8,10-12,14-17,19,21,23,28-32,41H,4,9,13,18,20H2,1-3H3,(H,38,42)/b10-6-/t21-,23-,28+,29-,30+,31+,32+,36-/m0/s1. The van der Waals surface area contributed by atoms with Gasteiger partial charge in [-0.15, -0.1) is 0 Å². The summed E-state index contributed by atoms with van der Waals surface area (Å²) in [4.78, 5) is 59.9. The molecular formula is C36H40BrN3O8. The van der Waals surface area contributed by atoms with Gasteiger partial charge in [0.25, 0.3) is 5.91 Å². The summed E-state index contributed by atoms with van der Waals surface area (Å²) >= 11 is 3.59. The number of halogens is 1. The predicted octanol–water partition coefficient (Wildman–Crippen LogP) is 3.81. The highest BCUT2D eigenvalue weighted by Crippen LogP contribution is 2.59. The Bertz CT molecular complexity index is 1610. The normalized spacial score (nSPS) is 32.0. The van der Waals surface area contributed by atoms with Crippen molar-refractivity contribution in [3.63, 3.8) is 0 Å². The number of fused-ring (bicyclic) bond motifs is 2. The number of hydrogen-bond donors (Lipinski definition) is 2. The first-order valence-electron chi connectivity index (χ1n) is 16.3. The van der Waals surface area contributed by atoms with Gasteiger partial charge in [0.2, 0.25) is 11.8 Å². The number of amides is 3. The van der Waals surface area contributed by atoms with E-state index in [-0.39, 0.29) is 25.5 Å². The Kier molecular flexibility index (Phi) is 9.78. The van der Waals surface area contributed by atoms with E-state index in [2.05, 4.69) is 21.2 Å². The molecule has 0 unspecified atom stereocenters. The van der Waals surface area contributed by atoms with Crippen LogP contribution in [0.25, 0.3) is 0 Å². The second-order valence-electron chi connectivity index (χ2n) is 12.6. The summed E-state index contributed by atoms with van der Waals surface area (Å²) in [5.41, 5.74) is -0.274. The first kappa shape index (κ1) is 33.9. The first-order valence-corrected chi connectivity index (χ1v) is 17.1. The van der Waals surface area contributed by atoms with Crippen molar-refractivity contribution in [3.8, 4) is 5.75 Å². The summed E-state index contributed by atoms with van der Waals surface area (Å²) in [6.07, 6.45) is 4.63. The van der Waals surface area contributed by atoms with Gasteiger partial charge in [-0.05, 0) is 55.7 Å². The number of carbonyl (C=O) groups is 4. The second-order valence-corrected chi connectivity index (χ2v) is 13.5. The van der Waals surface area contributed by atoms with Gasteiger partial charge in [0.15, 0.2) is 0 Å². The van der Waals surface area contributed by atoms with Crippen LogP contribution in [0, 0.1) is 11.8 Å². The molecule has 2 aromatic rings. The van der Waals surface area contributed by atoms with E-state index in [1.807, 2.05) is 49.4 Å². The molecule has 12 heteroatoms. The summed E-state index contributed by atoms with van der Waals surface area (Å²) in [7, 11) is 1.55. The number of hydrogen-bond acceptors (Lipinski definition) is 8. The van der Waals surface area contributed by atoms with Crippen molar-refractivity contribution in [1.29, 1.82) is 0 Å². The molecule has 8 atom stereocenters. The molecule has 4 heterocycles. The maximum absolute atomic E-state index is 15.0. The Hall–Kier alpha value is -4.00. The number of rotatable bonds is 6. The van der Waals surface area contributed by atoms with Crippen LogP contribution in [0.15, 0.2) is 77.3 Å². The van der Waals surface area contributed by atoms with E-state index in [0.29, 0.717) is 34.3 Å². The summed E-state index contributed by atoms with van der Waals surface area (Å²) in [6.45, 7) is 3.36. The third-order valence-electron chi connectivity index (χ3n) is 9.80. The second kappa shape index (κ2) is 13.9. The number of likely N-dealkylation sites (tertiary alicyclic amines) is 1. The topological polar surface area (TPSA) is 135 Å². The molecule has 0 aromatic heterocycles. The molecule has 0 radical (unpaired) electrons. The van der Waals surface area contributed by atoms with Gasteiger partial charge in [0.05, 0.1) is 31.7 Å². The maximum atomic E-state index is 15.0. The van der Waals surface area contributed by atoms with Crippen molar-refractivity contribution in [2.75, 3.05) is 25.2 Å². The molecule has 2 saturated heterocycles. The molecule has 4 aliphatic heterocycles. The molecule has 2 N–H and O–H groups in total. The number of nitrogens with zero attached hydrogens (tertiary/aromatic N) is 2. The number of cyclic esters (lactones) is 1. The van der Waals surface area contributed by atoms with Crippen molar-refractivity contribution >= 4 is 45.3 Å². The number of anilines is 1. The number of esters is 1. The molecule has 6 rings (SSSR count). The fourth-order valence-electron chi connectivity index (χ4n) is 7.46. The SMILES string of the molecule is CC[C@@H](CO)N1C(=O)[C@@H]2[C@H]3C(=O)O[C@@H](c4ccccc4)[C@H](C)NC(=O)CC/C=C\CN(c4ccc(OC)cc4)C(=O)[C@@H]1[C@]21C=C(Br)[C@H]3O1. The van der Waals surface area contributed by atoms with Crippen molar-refractivity contribution in [2.45, 2.75) is 69.0 Å². The van der Waals surface area contributed by atoms with Crippen LogP contribution in [0.1, 0.15) is 44.8 Å². The summed E-state index contributed by atoms with van der Waals surface area (Å²) in [5.74, 6) is -3.36. The van der Waals surface area contributed by atoms with Crippen LogP contribution in [-0.2, 0) is 28.7 Å². The third kappa shape index (κ3) is 5.83. The number of nitrogens with one attached hydrogen (secondary N) is 1. The number of aliphatic hydroxyl groups excluding tert-OH is 1. The minimum atomic E-state index is -1.51. The van der Waals surface area contributed by atoms with Crippen LogP contribution >= 0.6 is 15.9 Å². The first-order chi connectivity index (χ1) is 23.1. The Labute approximate surface area is 288 Å².